The average Bonchev–Trinajstić information content (AvgIpc) is 3.12. The van der Waals surface area contributed by atoms with Gasteiger partial charge in [-0.1, -0.05) is 26.0 Å². The number of amides is 1. The maximum atomic E-state index is 12.3. The van der Waals surface area contributed by atoms with E-state index in [9.17, 15) is 13.2 Å². The molecule has 134 valence electrons. The summed E-state index contributed by atoms with van der Waals surface area (Å²) in [4.78, 5) is 18.3. The molecule has 0 aliphatic carbocycles. The molecule has 1 atom stereocenters. The molecule has 0 spiro atoms. The van der Waals surface area contributed by atoms with Gasteiger partial charge in [-0.3, -0.25) is 4.79 Å². The van der Waals surface area contributed by atoms with Gasteiger partial charge in [-0.05, 0) is 23.6 Å². The Bertz CT molecular complexity index is 886. The molecular formula is C17H21N3O3S2. The van der Waals surface area contributed by atoms with Crippen molar-refractivity contribution in [1.82, 2.24) is 15.6 Å². The molecule has 2 heterocycles. The fourth-order valence-electron chi connectivity index (χ4n) is 2.79. The number of carbonyl (C=O) groups is 1. The molecule has 1 aliphatic rings. The van der Waals surface area contributed by atoms with Crippen LogP contribution < -0.4 is 10.6 Å². The lowest BCUT2D eigenvalue weighted by Gasteiger charge is -2.14. The summed E-state index contributed by atoms with van der Waals surface area (Å²) >= 11 is 1.43. The third-order valence-corrected chi connectivity index (χ3v) is 6.37. The van der Waals surface area contributed by atoms with Gasteiger partial charge in [0.2, 0.25) is 0 Å². The van der Waals surface area contributed by atoms with Crippen molar-refractivity contribution in [2.75, 3.05) is 6.26 Å². The van der Waals surface area contributed by atoms with Crippen molar-refractivity contribution >= 4 is 27.1 Å². The molecule has 1 aliphatic heterocycles. The molecule has 0 saturated carbocycles. The minimum Gasteiger partial charge on any atom is -0.346 e. The summed E-state index contributed by atoms with van der Waals surface area (Å²) < 4.78 is 22.9. The number of nitrogens with zero attached hydrogens (tertiary/aromatic N) is 1. The van der Waals surface area contributed by atoms with E-state index in [0.29, 0.717) is 17.5 Å². The number of fused-ring (bicyclic) bond motifs is 1. The molecule has 25 heavy (non-hydrogen) atoms. The third-order valence-electron chi connectivity index (χ3n) is 4.17. The Morgan fingerprint density at radius 3 is 2.64 bits per heavy atom. The Hall–Kier alpha value is -1.77. The predicted molar refractivity (Wildman–Crippen MR) is 97.3 cm³/mol. The first-order valence-corrected chi connectivity index (χ1v) is 10.8. The van der Waals surface area contributed by atoms with Crippen molar-refractivity contribution in [3.05, 3.63) is 45.4 Å². The monoisotopic (exact) mass is 379 g/mol. The van der Waals surface area contributed by atoms with Crippen LogP contribution in [0.4, 0.5) is 0 Å². The number of benzene rings is 1. The largest absolute Gasteiger partial charge is 0.346 e. The third kappa shape index (κ3) is 3.91. The summed E-state index contributed by atoms with van der Waals surface area (Å²) in [6.45, 7) is 5.35. The molecule has 0 fully saturated rings. The minimum absolute atomic E-state index is 0.200. The number of thiazole rings is 1. The zero-order valence-electron chi connectivity index (χ0n) is 14.4. The number of nitrogens with one attached hydrogen (secondary N) is 2. The van der Waals surface area contributed by atoms with Crippen LogP contribution >= 0.6 is 11.3 Å². The van der Waals surface area contributed by atoms with Crippen LogP contribution in [0.25, 0.3) is 0 Å². The molecule has 2 N–H and O–H groups in total. The Labute approximate surface area is 151 Å². The topological polar surface area (TPSA) is 88.2 Å². The highest BCUT2D eigenvalue weighted by molar-refractivity contribution is 7.90. The van der Waals surface area contributed by atoms with Crippen LogP contribution in [-0.2, 0) is 22.9 Å². The van der Waals surface area contributed by atoms with Crippen LogP contribution in [0.15, 0.2) is 29.2 Å². The number of aromatic nitrogens is 1. The zero-order chi connectivity index (χ0) is 18.2. The lowest BCUT2D eigenvalue weighted by molar-refractivity contribution is 0.0950. The molecular weight excluding hydrogens is 358 g/mol. The van der Waals surface area contributed by atoms with Crippen LogP contribution in [-0.4, -0.2) is 25.6 Å². The van der Waals surface area contributed by atoms with Crippen molar-refractivity contribution in [2.45, 2.75) is 37.9 Å². The SMILES string of the molecule is CC(C)C1NCc2sc(C(=O)NCc3ccc(S(C)(=O)=O)cc3)nc21. The second kappa shape index (κ2) is 6.86. The van der Waals surface area contributed by atoms with Crippen molar-refractivity contribution in [3.8, 4) is 0 Å². The normalized spacial score (nSPS) is 16.9. The predicted octanol–water partition coefficient (Wildman–Crippen LogP) is 2.28. The summed E-state index contributed by atoms with van der Waals surface area (Å²) in [5.74, 6) is 0.224. The number of sulfone groups is 1. The molecule has 0 saturated heterocycles. The van der Waals surface area contributed by atoms with Gasteiger partial charge < -0.3 is 10.6 Å². The smallest absolute Gasteiger partial charge is 0.280 e. The molecule has 6 nitrogen and oxygen atoms in total. The number of hydrogen-bond donors (Lipinski definition) is 2. The quantitative estimate of drug-likeness (QED) is 0.832. The second-order valence-corrected chi connectivity index (χ2v) is 9.63. The van der Waals surface area contributed by atoms with Gasteiger partial charge in [-0.15, -0.1) is 11.3 Å². The van der Waals surface area contributed by atoms with Crippen LogP contribution in [0, 0.1) is 5.92 Å². The summed E-state index contributed by atoms with van der Waals surface area (Å²) in [6.07, 6.45) is 1.17. The first-order valence-electron chi connectivity index (χ1n) is 8.06. The number of rotatable bonds is 5. The Balaban J connectivity index is 1.65. The zero-order valence-corrected chi connectivity index (χ0v) is 16.0. The van der Waals surface area contributed by atoms with Gasteiger partial charge in [0.15, 0.2) is 14.8 Å². The van der Waals surface area contributed by atoms with E-state index in [1.54, 1.807) is 24.3 Å². The van der Waals surface area contributed by atoms with Crippen molar-refractivity contribution in [1.29, 1.82) is 0 Å². The van der Waals surface area contributed by atoms with E-state index in [0.717, 1.165) is 22.7 Å². The van der Waals surface area contributed by atoms with E-state index in [2.05, 4.69) is 29.5 Å². The summed E-state index contributed by atoms with van der Waals surface area (Å²) in [5, 5.41) is 6.73. The van der Waals surface area contributed by atoms with Crippen molar-refractivity contribution in [2.24, 2.45) is 5.92 Å². The standard InChI is InChI=1S/C17H21N3O3S2/c1-10(2)14-15-13(9-18-14)24-17(20-15)16(21)19-8-11-4-6-12(7-5-11)25(3,22)23/h4-7,10,14,18H,8-9H2,1-3H3,(H,19,21). The summed E-state index contributed by atoms with van der Waals surface area (Å²) in [6, 6.07) is 6.71. The molecule has 0 bridgehead atoms. The van der Waals surface area contributed by atoms with E-state index in [4.69, 9.17) is 0 Å². The van der Waals surface area contributed by atoms with E-state index in [-0.39, 0.29) is 16.8 Å². The summed E-state index contributed by atoms with van der Waals surface area (Å²) in [7, 11) is -3.21. The number of hydrogen-bond acceptors (Lipinski definition) is 6. The van der Waals surface area contributed by atoms with Crippen molar-refractivity contribution in [3.63, 3.8) is 0 Å². The van der Waals surface area contributed by atoms with E-state index < -0.39 is 9.84 Å². The average molecular weight is 380 g/mol. The van der Waals surface area contributed by atoms with E-state index >= 15 is 0 Å². The fourth-order valence-corrected chi connectivity index (χ4v) is 4.40. The molecule has 3 rings (SSSR count). The van der Waals surface area contributed by atoms with Gasteiger partial charge in [0.25, 0.3) is 5.91 Å². The van der Waals surface area contributed by atoms with Gasteiger partial charge in [-0.2, -0.15) is 0 Å². The first-order chi connectivity index (χ1) is 11.8. The van der Waals surface area contributed by atoms with E-state index in [1.807, 2.05) is 0 Å². The molecule has 1 aromatic carbocycles. The highest BCUT2D eigenvalue weighted by Gasteiger charge is 2.30. The maximum absolute atomic E-state index is 12.3. The molecule has 0 radical (unpaired) electrons. The van der Waals surface area contributed by atoms with Gasteiger partial charge in [0.1, 0.15) is 0 Å². The van der Waals surface area contributed by atoms with Gasteiger partial charge >= 0.3 is 0 Å². The van der Waals surface area contributed by atoms with Gasteiger partial charge in [-0.25, -0.2) is 13.4 Å². The van der Waals surface area contributed by atoms with Crippen LogP contribution in [0.3, 0.4) is 0 Å². The van der Waals surface area contributed by atoms with Gasteiger partial charge in [0.05, 0.1) is 16.6 Å². The highest BCUT2D eigenvalue weighted by Crippen LogP contribution is 2.33. The molecule has 1 aromatic heterocycles. The second-order valence-electron chi connectivity index (χ2n) is 6.53. The lowest BCUT2D eigenvalue weighted by atomic mass is 10.0. The van der Waals surface area contributed by atoms with Crippen LogP contribution in [0.1, 0.15) is 45.8 Å². The van der Waals surface area contributed by atoms with Crippen molar-refractivity contribution < 1.29 is 13.2 Å². The number of carbonyl (C=O) groups excluding carboxylic acids is 1. The molecule has 8 heteroatoms. The highest BCUT2D eigenvalue weighted by atomic mass is 32.2. The molecule has 2 aromatic rings. The Morgan fingerprint density at radius 1 is 1.36 bits per heavy atom. The Kier molecular flexibility index (Phi) is 4.95. The summed E-state index contributed by atoms with van der Waals surface area (Å²) in [5.41, 5.74) is 1.83. The van der Waals surface area contributed by atoms with E-state index in [1.165, 1.54) is 17.6 Å². The molecule has 1 amide bonds. The lowest BCUT2D eigenvalue weighted by Crippen LogP contribution is -2.24. The van der Waals surface area contributed by atoms with Crippen LogP contribution in [0.2, 0.25) is 0 Å². The maximum Gasteiger partial charge on any atom is 0.280 e. The fraction of sp³-hybridized carbons (Fsp3) is 0.412. The Morgan fingerprint density at radius 2 is 2.04 bits per heavy atom. The first kappa shape index (κ1) is 18.0. The van der Waals surface area contributed by atoms with Gasteiger partial charge in [0, 0.05) is 24.2 Å². The van der Waals surface area contributed by atoms with Crippen LogP contribution in [0.5, 0.6) is 0 Å². The molecule has 1 unspecified atom stereocenters. The minimum atomic E-state index is -3.21.